The first-order chi connectivity index (χ1) is 13.3. The van der Waals surface area contributed by atoms with Crippen LogP contribution in [0.2, 0.25) is 0 Å². The Hall–Kier alpha value is -3.42. The minimum Gasteiger partial charge on any atom is -0.380 e. The number of aromatic nitrogens is 1. The van der Waals surface area contributed by atoms with Gasteiger partial charge in [0.15, 0.2) is 0 Å². The molecule has 1 heterocycles. The van der Waals surface area contributed by atoms with Crippen LogP contribution in [0.4, 0.5) is 29.1 Å². The summed E-state index contributed by atoms with van der Waals surface area (Å²) in [4.78, 5) is 16.2. The maximum Gasteiger partial charge on any atom is 0.416 e. The first kappa shape index (κ1) is 19.3. The van der Waals surface area contributed by atoms with E-state index in [9.17, 15) is 22.4 Å². The molecule has 0 radical (unpaired) electrons. The molecular weight excluding hydrogens is 374 g/mol. The molecule has 1 amide bonds. The zero-order valence-corrected chi connectivity index (χ0v) is 14.4. The average Bonchev–Trinajstić information content (AvgIpc) is 2.68. The SMILES string of the molecule is O=C(Nc1ccc(NCc2ccccc2F)cn1)c1ccc(C(F)(F)F)cc1. The predicted octanol–water partition coefficient (Wildman–Crippen LogP) is 5.10. The second-order valence-corrected chi connectivity index (χ2v) is 5.91. The van der Waals surface area contributed by atoms with Crippen molar-refractivity contribution < 1.29 is 22.4 Å². The Kier molecular flexibility index (Phi) is 5.58. The highest BCUT2D eigenvalue weighted by atomic mass is 19.4. The molecule has 4 nitrogen and oxygen atoms in total. The Morgan fingerprint density at radius 1 is 0.964 bits per heavy atom. The van der Waals surface area contributed by atoms with Gasteiger partial charge in [-0.25, -0.2) is 9.37 Å². The maximum atomic E-state index is 13.6. The molecule has 0 fully saturated rings. The minimum absolute atomic E-state index is 0.0801. The summed E-state index contributed by atoms with van der Waals surface area (Å²) in [6, 6.07) is 13.4. The zero-order valence-electron chi connectivity index (χ0n) is 14.4. The first-order valence-electron chi connectivity index (χ1n) is 8.25. The lowest BCUT2D eigenvalue weighted by Crippen LogP contribution is -2.13. The second kappa shape index (κ2) is 8.08. The number of carbonyl (C=O) groups excluding carboxylic acids is 1. The molecule has 3 aromatic rings. The number of alkyl halides is 3. The van der Waals surface area contributed by atoms with Crippen LogP contribution in [0.5, 0.6) is 0 Å². The van der Waals surface area contributed by atoms with Crippen molar-refractivity contribution in [3.05, 3.63) is 89.4 Å². The number of rotatable bonds is 5. The number of amides is 1. The summed E-state index contributed by atoms with van der Waals surface area (Å²) in [7, 11) is 0. The van der Waals surface area contributed by atoms with Crippen LogP contribution in [0.25, 0.3) is 0 Å². The van der Waals surface area contributed by atoms with Gasteiger partial charge in [0.25, 0.3) is 5.91 Å². The molecule has 144 valence electrons. The van der Waals surface area contributed by atoms with E-state index >= 15 is 0 Å². The summed E-state index contributed by atoms with van der Waals surface area (Å²) < 4.78 is 51.3. The minimum atomic E-state index is -4.46. The van der Waals surface area contributed by atoms with Crippen molar-refractivity contribution in [1.29, 1.82) is 0 Å². The van der Waals surface area contributed by atoms with Crippen molar-refractivity contribution in [3.63, 3.8) is 0 Å². The van der Waals surface area contributed by atoms with Gasteiger partial charge in [-0.3, -0.25) is 4.79 Å². The Morgan fingerprint density at radius 2 is 1.68 bits per heavy atom. The molecule has 8 heteroatoms. The molecule has 0 spiro atoms. The van der Waals surface area contributed by atoms with E-state index in [1.54, 1.807) is 24.3 Å². The smallest absolute Gasteiger partial charge is 0.380 e. The summed E-state index contributed by atoms with van der Waals surface area (Å²) in [5, 5.41) is 5.52. The van der Waals surface area contributed by atoms with E-state index in [1.165, 1.54) is 18.3 Å². The van der Waals surface area contributed by atoms with E-state index in [1.807, 2.05) is 0 Å². The fraction of sp³-hybridized carbons (Fsp3) is 0.100. The molecule has 2 N–H and O–H groups in total. The number of carbonyl (C=O) groups is 1. The van der Waals surface area contributed by atoms with E-state index in [0.717, 1.165) is 24.3 Å². The molecule has 1 aromatic heterocycles. The molecular formula is C20H15F4N3O. The van der Waals surface area contributed by atoms with Gasteiger partial charge in [-0.2, -0.15) is 13.2 Å². The summed E-state index contributed by atoms with van der Waals surface area (Å²) >= 11 is 0. The summed E-state index contributed by atoms with van der Waals surface area (Å²) in [5.41, 5.74) is 0.377. The summed E-state index contributed by atoms with van der Waals surface area (Å²) in [6.45, 7) is 0.269. The molecule has 0 aliphatic carbocycles. The molecule has 0 aliphatic rings. The van der Waals surface area contributed by atoms with Crippen molar-refractivity contribution in [2.45, 2.75) is 12.7 Å². The van der Waals surface area contributed by atoms with Crippen LogP contribution in [0.15, 0.2) is 66.9 Å². The number of pyridine rings is 1. The molecule has 0 unspecified atom stereocenters. The molecule has 2 aromatic carbocycles. The Balaban J connectivity index is 1.59. The van der Waals surface area contributed by atoms with Gasteiger partial charge in [0, 0.05) is 17.7 Å². The van der Waals surface area contributed by atoms with Gasteiger partial charge in [-0.1, -0.05) is 18.2 Å². The van der Waals surface area contributed by atoms with Gasteiger partial charge >= 0.3 is 6.18 Å². The Bertz CT molecular complexity index is 954. The fourth-order valence-electron chi connectivity index (χ4n) is 2.41. The Labute approximate surface area is 158 Å². The molecule has 0 bridgehead atoms. The van der Waals surface area contributed by atoms with Gasteiger partial charge in [0.1, 0.15) is 11.6 Å². The lowest BCUT2D eigenvalue weighted by atomic mass is 10.1. The number of nitrogens with one attached hydrogen (secondary N) is 2. The van der Waals surface area contributed by atoms with Gasteiger partial charge < -0.3 is 10.6 Å². The topological polar surface area (TPSA) is 54.0 Å². The van der Waals surface area contributed by atoms with E-state index < -0.39 is 17.6 Å². The molecule has 0 atom stereocenters. The van der Waals surface area contributed by atoms with Gasteiger partial charge in [-0.15, -0.1) is 0 Å². The summed E-state index contributed by atoms with van der Waals surface area (Å²) in [6.07, 6.45) is -2.99. The molecule has 0 aliphatic heterocycles. The predicted molar refractivity (Wildman–Crippen MR) is 97.4 cm³/mol. The molecule has 0 saturated carbocycles. The number of hydrogen-bond acceptors (Lipinski definition) is 3. The molecule has 28 heavy (non-hydrogen) atoms. The van der Waals surface area contributed by atoms with Crippen LogP contribution in [-0.4, -0.2) is 10.9 Å². The standard InChI is InChI=1S/C20H15F4N3O/c21-17-4-2-1-3-14(17)11-25-16-9-10-18(26-12-16)27-19(28)13-5-7-15(8-6-13)20(22,23)24/h1-10,12,25H,11H2,(H,26,27,28). The van der Waals surface area contributed by atoms with Crippen LogP contribution in [0.3, 0.4) is 0 Å². The van der Waals surface area contributed by atoms with Gasteiger partial charge in [0.05, 0.1) is 17.4 Å². The third-order valence-corrected chi connectivity index (χ3v) is 3.92. The van der Waals surface area contributed by atoms with Crippen molar-refractivity contribution in [3.8, 4) is 0 Å². The quantitative estimate of drug-likeness (QED) is 0.597. The molecule has 0 saturated heterocycles. The number of hydrogen-bond donors (Lipinski definition) is 2. The maximum absolute atomic E-state index is 13.6. The van der Waals surface area contributed by atoms with E-state index in [0.29, 0.717) is 11.3 Å². The lowest BCUT2D eigenvalue weighted by Gasteiger charge is -2.09. The number of halogens is 4. The van der Waals surface area contributed by atoms with Crippen LogP contribution >= 0.6 is 0 Å². The highest BCUT2D eigenvalue weighted by Gasteiger charge is 2.30. The van der Waals surface area contributed by atoms with Crippen molar-refractivity contribution in [2.75, 3.05) is 10.6 Å². The highest BCUT2D eigenvalue weighted by molar-refractivity contribution is 6.03. The number of benzene rings is 2. The van der Waals surface area contributed by atoms with E-state index in [-0.39, 0.29) is 23.7 Å². The van der Waals surface area contributed by atoms with Crippen molar-refractivity contribution in [2.24, 2.45) is 0 Å². The number of anilines is 2. The largest absolute Gasteiger partial charge is 0.416 e. The van der Waals surface area contributed by atoms with Crippen LogP contribution in [0, 0.1) is 5.82 Å². The first-order valence-corrected chi connectivity index (χ1v) is 8.25. The third-order valence-electron chi connectivity index (χ3n) is 3.92. The van der Waals surface area contributed by atoms with Crippen LogP contribution in [0.1, 0.15) is 21.5 Å². The third kappa shape index (κ3) is 4.85. The molecule has 3 rings (SSSR count). The average molecular weight is 389 g/mol. The van der Waals surface area contributed by atoms with Gasteiger partial charge in [0.2, 0.25) is 0 Å². The van der Waals surface area contributed by atoms with Crippen LogP contribution < -0.4 is 10.6 Å². The highest BCUT2D eigenvalue weighted by Crippen LogP contribution is 2.29. The van der Waals surface area contributed by atoms with Crippen molar-refractivity contribution >= 4 is 17.4 Å². The van der Waals surface area contributed by atoms with Crippen molar-refractivity contribution in [1.82, 2.24) is 4.98 Å². The summed E-state index contributed by atoms with van der Waals surface area (Å²) in [5.74, 6) is -0.655. The monoisotopic (exact) mass is 389 g/mol. The normalized spacial score (nSPS) is 11.1. The zero-order chi connectivity index (χ0) is 20.1. The second-order valence-electron chi connectivity index (χ2n) is 5.91. The van der Waals surface area contributed by atoms with Crippen LogP contribution in [-0.2, 0) is 12.7 Å². The Morgan fingerprint density at radius 3 is 2.29 bits per heavy atom. The van der Waals surface area contributed by atoms with Gasteiger partial charge in [-0.05, 0) is 42.5 Å². The van der Waals surface area contributed by atoms with E-state index in [2.05, 4.69) is 15.6 Å². The fourth-order valence-corrected chi connectivity index (χ4v) is 2.41. The lowest BCUT2D eigenvalue weighted by molar-refractivity contribution is -0.137. The van der Waals surface area contributed by atoms with E-state index in [4.69, 9.17) is 0 Å². The number of nitrogens with zero attached hydrogens (tertiary/aromatic N) is 1.